The van der Waals surface area contributed by atoms with E-state index in [-0.39, 0.29) is 16.7 Å². The summed E-state index contributed by atoms with van der Waals surface area (Å²) in [5.41, 5.74) is 1.11. The average Bonchev–Trinajstić information content (AvgIpc) is 2.67. The zero-order valence-electron chi connectivity index (χ0n) is 11.2. The zero-order chi connectivity index (χ0) is 13.7. The van der Waals surface area contributed by atoms with E-state index >= 15 is 0 Å². The molecule has 0 bridgehead atoms. The number of nitrogens with one attached hydrogen (secondary N) is 1. The van der Waals surface area contributed by atoms with E-state index in [4.69, 9.17) is 4.74 Å². The van der Waals surface area contributed by atoms with E-state index in [0.29, 0.717) is 6.04 Å². The van der Waals surface area contributed by atoms with Crippen molar-refractivity contribution in [3.8, 4) is 0 Å². The standard InChI is InChI=1S/C14H20N2O3/c1-11(15-13-5-3-8-19-9-7-13)12-4-2-6-14(10-12)16(17)18/h2,4,6,10-11,13,15H,3,5,7-9H2,1H3. The Bertz CT molecular complexity index is 428. The molecule has 1 aromatic carbocycles. The summed E-state index contributed by atoms with van der Waals surface area (Å²) in [5.74, 6) is 0. The summed E-state index contributed by atoms with van der Waals surface area (Å²) in [4.78, 5) is 10.4. The number of hydrogen-bond acceptors (Lipinski definition) is 4. The molecule has 1 N–H and O–H groups in total. The average molecular weight is 264 g/mol. The van der Waals surface area contributed by atoms with Crippen molar-refractivity contribution in [3.63, 3.8) is 0 Å². The van der Waals surface area contributed by atoms with Gasteiger partial charge in [-0.3, -0.25) is 10.1 Å². The zero-order valence-corrected chi connectivity index (χ0v) is 11.2. The molecule has 2 rings (SSSR count). The van der Waals surface area contributed by atoms with Gasteiger partial charge in [-0.05, 0) is 31.7 Å². The number of nitrogens with zero attached hydrogens (tertiary/aromatic N) is 1. The minimum absolute atomic E-state index is 0.114. The molecule has 0 aromatic heterocycles. The van der Waals surface area contributed by atoms with Crippen molar-refractivity contribution >= 4 is 5.69 Å². The maximum atomic E-state index is 10.8. The predicted octanol–water partition coefficient (Wildman–Crippen LogP) is 2.81. The third kappa shape index (κ3) is 4.01. The quantitative estimate of drug-likeness (QED) is 0.671. The SMILES string of the molecule is CC(NC1CCCOCC1)c1cccc([N+](=O)[O-])c1. The van der Waals surface area contributed by atoms with Gasteiger partial charge >= 0.3 is 0 Å². The highest BCUT2D eigenvalue weighted by molar-refractivity contribution is 5.35. The van der Waals surface area contributed by atoms with Crippen LogP contribution in [0.4, 0.5) is 5.69 Å². The van der Waals surface area contributed by atoms with Crippen LogP contribution in [-0.4, -0.2) is 24.2 Å². The molecule has 2 atom stereocenters. The van der Waals surface area contributed by atoms with Gasteiger partial charge in [-0.15, -0.1) is 0 Å². The molecule has 1 aliphatic heterocycles. The van der Waals surface area contributed by atoms with Gasteiger partial charge in [0.05, 0.1) is 4.92 Å². The summed E-state index contributed by atoms with van der Waals surface area (Å²) in [7, 11) is 0. The van der Waals surface area contributed by atoms with Crippen molar-refractivity contribution < 1.29 is 9.66 Å². The van der Waals surface area contributed by atoms with Crippen LogP contribution >= 0.6 is 0 Å². The molecule has 0 amide bonds. The van der Waals surface area contributed by atoms with Crippen LogP contribution in [0.15, 0.2) is 24.3 Å². The number of benzene rings is 1. The van der Waals surface area contributed by atoms with Crippen LogP contribution in [-0.2, 0) is 4.74 Å². The number of hydrogen-bond donors (Lipinski definition) is 1. The molecule has 1 aliphatic rings. The molecule has 1 fully saturated rings. The fraction of sp³-hybridized carbons (Fsp3) is 0.571. The van der Waals surface area contributed by atoms with Crippen LogP contribution in [0.5, 0.6) is 0 Å². The lowest BCUT2D eigenvalue weighted by atomic mass is 10.0. The van der Waals surface area contributed by atoms with Gasteiger partial charge in [0.15, 0.2) is 0 Å². The van der Waals surface area contributed by atoms with Gasteiger partial charge in [0.25, 0.3) is 5.69 Å². The van der Waals surface area contributed by atoms with Gasteiger partial charge < -0.3 is 10.1 Å². The molecular weight excluding hydrogens is 244 g/mol. The van der Waals surface area contributed by atoms with Gasteiger partial charge in [-0.2, -0.15) is 0 Å². The smallest absolute Gasteiger partial charge is 0.269 e. The molecule has 19 heavy (non-hydrogen) atoms. The topological polar surface area (TPSA) is 64.4 Å². The van der Waals surface area contributed by atoms with Gasteiger partial charge in [-0.25, -0.2) is 0 Å². The van der Waals surface area contributed by atoms with Crippen LogP contribution < -0.4 is 5.32 Å². The van der Waals surface area contributed by atoms with Gasteiger partial charge in [0, 0.05) is 37.4 Å². The maximum Gasteiger partial charge on any atom is 0.269 e. The first-order valence-electron chi connectivity index (χ1n) is 6.75. The summed E-state index contributed by atoms with van der Waals surface area (Å²) in [6.07, 6.45) is 3.16. The highest BCUT2D eigenvalue weighted by Gasteiger charge is 2.17. The predicted molar refractivity (Wildman–Crippen MR) is 73.1 cm³/mol. The highest BCUT2D eigenvalue weighted by atomic mass is 16.6. The van der Waals surface area contributed by atoms with Crippen LogP contribution in [0.25, 0.3) is 0 Å². The Hall–Kier alpha value is -1.46. The minimum atomic E-state index is -0.351. The Balaban J connectivity index is 2.00. The van der Waals surface area contributed by atoms with Gasteiger partial charge in [0.1, 0.15) is 0 Å². The summed E-state index contributed by atoms with van der Waals surface area (Å²) < 4.78 is 5.43. The third-order valence-electron chi connectivity index (χ3n) is 3.52. The second-order valence-electron chi connectivity index (χ2n) is 4.98. The molecule has 0 spiro atoms. The Labute approximate surface area is 113 Å². The number of nitro benzene ring substituents is 1. The van der Waals surface area contributed by atoms with Gasteiger partial charge in [0.2, 0.25) is 0 Å². The number of ether oxygens (including phenoxy) is 1. The van der Waals surface area contributed by atoms with Crippen molar-refractivity contribution in [1.29, 1.82) is 0 Å². The van der Waals surface area contributed by atoms with E-state index in [9.17, 15) is 10.1 Å². The molecule has 5 nitrogen and oxygen atoms in total. The van der Waals surface area contributed by atoms with Crippen molar-refractivity contribution in [2.24, 2.45) is 0 Å². The number of rotatable bonds is 4. The van der Waals surface area contributed by atoms with E-state index in [0.717, 1.165) is 38.0 Å². The Morgan fingerprint density at radius 1 is 1.42 bits per heavy atom. The lowest BCUT2D eigenvalue weighted by Crippen LogP contribution is -2.31. The van der Waals surface area contributed by atoms with Crippen LogP contribution in [0.2, 0.25) is 0 Å². The molecule has 1 saturated heterocycles. The molecule has 0 radical (unpaired) electrons. The first-order chi connectivity index (χ1) is 9.16. The summed E-state index contributed by atoms with van der Waals surface area (Å²) in [5, 5.41) is 14.3. The Kier molecular flexibility index (Phi) is 4.87. The molecule has 0 saturated carbocycles. The van der Waals surface area contributed by atoms with E-state index in [1.165, 1.54) is 6.07 Å². The molecule has 5 heteroatoms. The third-order valence-corrected chi connectivity index (χ3v) is 3.52. The Morgan fingerprint density at radius 3 is 3.05 bits per heavy atom. The van der Waals surface area contributed by atoms with Crippen LogP contribution in [0.1, 0.15) is 37.8 Å². The molecular formula is C14H20N2O3. The lowest BCUT2D eigenvalue weighted by molar-refractivity contribution is -0.384. The molecule has 1 aromatic rings. The minimum Gasteiger partial charge on any atom is -0.381 e. The molecule has 104 valence electrons. The normalized spacial score (nSPS) is 21.6. The largest absolute Gasteiger partial charge is 0.381 e. The second-order valence-corrected chi connectivity index (χ2v) is 4.98. The van der Waals surface area contributed by atoms with E-state index in [1.807, 2.05) is 13.0 Å². The Morgan fingerprint density at radius 2 is 2.26 bits per heavy atom. The lowest BCUT2D eigenvalue weighted by Gasteiger charge is -2.21. The fourth-order valence-electron chi connectivity index (χ4n) is 2.43. The van der Waals surface area contributed by atoms with Crippen molar-refractivity contribution in [2.75, 3.05) is 13.2 Å². The monoisotopic (exact) mass is 264 g/mol. The molecule has 1 heterocycles. The molecule has 0 aliphatic carbocycles. The summed E-state index contributed by atoms with van der Waals surface area (Å²) in [6.45, 7) is 3.67. The van der Waals surface area contributed by atoms with E-state index in [1.54, 1.807) is 12.1 Å². The highest BCUT2D eigenvalue weighted by Crippen LogP contribution is 2.21. The van der Waals surface area contributed by atoms with Crippen molar-refractivity contribution in [3.05, 3.63) is 39.9 Å². The fourth-order valence-corrected chi connectivity index (χ4v) is 2.43. The summed E-state index contributed by atoms with van der Waals surface area (Å²) >= 11 is 0. The first-order valence-corrected chi connectivity index (χ1v) is 6.75. The van der Waals surface area contributed by atoms with E-state index in [2.05, 4.69) is 5.32 Å². The van der Waals surface area contributed by atoms with Crippen molar-refractivity contribution in [2.45, 2.75) is 38.3 Å². The second kappa shape index (κ2) is 6.63. The first kappa shape index (κ1) is 14.0. The number of non-ortho nitro benzene ring substituents is 1. The maximum absolute atomic E-state index is 10.8. The van der Waals surface area contributed by atoms with Crippen LogP contribution in [0, 0.1) is 10.1 Å². The van der Waals surface area contributed by atoms with Gasteiger partial charge in [-0.1, -0.05) is 12.1 Å². The van der Waals surface area contributed by atoms with Crippen LogP contribution in [0.3, 0.4) is 0 Å². The number of nitro groups is 1. The van der Waals surface area contributed by atoms with E-state index < -0.39 is 0 Å². The van der Waals surface area contributed by atoms with Crippen molar-refractivity contribution in [1.82, 2.24) is 5.32 Å². The summed E-state index contributed by atoms with van der Waals surface area (Å²) in [6, 6.07) is 7.38. The molecule has 2 unspecified atom stereocenters.